The van der Waals surface area contributed by atoms with Crippen molar-refractivity contribution in [2.75, 3.05) is 0 Å². The van der Waals surface area contributed by atoms with Crippen LogP contribution in [0.5, 0.6) is 0 Å². The second-order valence-corrected chi connectivity index (χ2v) is 4.32. The van der Waals surface area contributed by atoms with Crippen LogP contribution in [0.1, 0.15) is 36.5 Å². The maximum Gasteiger partial charge on any atom is 0.257 e. The summed E-state index contributed by atoms with van der Waals surface area (Å²) in [6.45, 7) is 1.87. The van der Waals surface area contributed by atoms with Crippen molar-refractivity contribution in [2.45, 2.75) is 32.2 Å². The second-order valence-electron chi connectivity index (χ2n) is 4.32. The molecular weight excluding hydrogens is 273 g/mol. The van der Waals surface area contributed by atoms with Gasteiger partial charge in [-0.3, -0.25) is 9.59 Å². The first kappa shape index (κ1) is 16.0. The Bertz CT molecular complexity index is 497. The van der Waals surface area contributed by atoms with E-state index in [4.69, 9.17) is 5.73 Å². The van der Waals surface area contributed by atoms with E-state index in [1.165, 1.54) is 0 Å². The Morgan fingerprint density at radius 3 is 2.25 bits per heavy atom. The number of hydrogen-bond acceptors (Lipinski definition) is 2. The van der Waals surface area contributed by atoms with Crippen LogP contribution in [0, 0.1) is 17.5 Å². The van der Waals surface area contributed by atoms with Crippen molar-refractivity contribution in [3.63, 3.8) is 0 Å². The van der Waals surface area contributed by atoms with Gasteiger partial charge in [0.25, 0.3) is 5.91 Å². The van der Waals surface area contributed by atoms with Gasteiger partial charge in [-0.05, 0) is 6.42 Å². The lowest BCUT2D eigenvalue weighted by atomic mass is 10.1. The summed E-state index contributed by atoms with van der Waals surface area (Å²) in [6, 6.07) is -0.238. The van der Waals surface area contributed by atoms with Crippen molar-refractivity contribution in [1.82, 2.24) is 5.32 Å². The first-order valence-electron chi connectivity index (χ1n) is 6.11. The molecule has 4 nitrogen and oxygen atoms in total. The molecule has 0 heterocycles. The summed E-state index contributed by atoms with van der Waals surface area (Å²) in [4.78, 5) is 22.9. The van der Waals surface area contributed by atoms with Crippen molar-refractivity contribution in [3.8, 4) is 0 Å². The van der Waals surface area contributed by atoms with E-state index in [2.05, 4.69) is 5.32 Å². The van der Waals surface area contributed by atoms with Crippen LogP contribution in [0.3, 0.4) is 0 Å². The molecule has 0 bridgehead atoms. The molecule has 0 spiro atoms. The zero-order valence-electron chi connectivity index (χ0n) is 10.9. The Morgan fingerprint density at radius 1 is 1.25 bits per heavy atom. The third-order valence-electron chi connectivity index (χ3n) is 2.73. The average Bonchev–Trinajstić information content (AvgIpc) is 2.32. The minimum absolute atomic E-state index is 0.266. The van der Waals surface area contributed by atoms with Crippen LogP contribution < -0.4 is 11.1 Å². The van der Waals surface area contributed by atoms with Crippen molar-refractivity contribution in [3.05, 3.63) is 35.1 Å². The fourth-order valence-corrected chi connectivity index (χ4v) is 1.68. The fraction of sp³-hybridized carbons (Fsp3) is 0.385. The average molecular weight is 288 g/mol. The molecule has 1 aromatic rings. The molecular formula is C13H15F3N2O2. The molecule has 0 aliphatic carbocycles. The zero-order valence-corrected chi connectivity index (χ0v) is 10.9. The Labute approximate surface area is 114 Å². The zero-order chi connectivity index (χ0) is 15.3. The third kappa shape index (κ3) is 3.97. The van der Waals surface area contributed by atoms with E-state index < -0.39 is 40.9 Å². The Balaban J connectivity index is 2.92. The molecule has 0 saturated heterocycles. The molecule has 1 rings (SSSR count). The highest BCUT2D eigenvalue weighted by atomic mass is 19.1. The number of benzene rings is 1. The van der Waals surface area contributed by atoms with Crippen LogP contribution in [0.2, 0.25) is 0 Å². The van der Waals surface area contributed by atoms with Crippen molar-refractivity contribution in [2.24, 2.45) is 5.73 Å². The summed E-state index contributed by atoms with van der Waals surface area (Å²) >= 11 is 0. The van der Waals surface area contributed by atoms with E-state index in [-0.39, 0.29) is 6.42 Å². The van der Waals surface area contributed by atoms with Gasteiger partial charge < -0.3 is 11.1 Å². The van der Waals surface area contributed by atoms with Gasteiger partial charge in [-0.2, -0.15) is 0 Å². The van der Waals surface area contributed by atoms with Crippen molar-refractivity contribution >= 4 is 11.8 Å². The normalized spacial score (nSPS) is 12.0. The van der Waals surface area contributed by atoms with Crippen LogP contribution in [0.25, 0.3) is 0 Å². The monoisotopic (exact) mass is 288 g/mol. The number of nitrogens with two attached hydrogens (primary N) is 1. The molecule has 0 saturated carbocycles. The van der Waals surface area contributed by atoms with Gasteiger partial charge in [0.2, 0.25) is 5.91 Å². The highest BCUT2D eigenvalue weighted by Gasteiger charge is 2.23. The SMILES string of the molecule is CCCC[C@@H](NC(=O)c1c(F)cc(F)cc1F)C(N)=O. The van der Waals surface area contributed by atoms with E-state index >= 15 is 0 Å². The van der Waals surface area contributed by atoms with Crippen LogP contribution in [-0.4, -0.2) is 17.9 Å². The largest absolute Gasteiger partial charge is 0.368 e. The molecule has 1 aromatic carbocycles. The summed E-state index contributed by atoms with van der Waals surface area (Å²) in [6.07, 6.45) is 1.64. The second kappa shape index (κ2) is 6.93. The lowest BCUT2D eigenvalue weighted by Gasteiger charge is -2.15. The summed E-state index contributed by atoms with van der Waals surface area (Å²) in [7, 11) is 0. The first-order chi connectivity index (χ1) is 9.36. The number of carbonyl (C=O) groups is 2. The number of halogens is 3. The fourth-order valence-electron chi connectivity index (χ4n) is 1.68. The predicted molar refractivity (Wildman–Crippen MR) is 66.3 cm³/mol. The van der Waals surface area contributed by atoms with Gasteiger partial charge >= 0.3 is 0 Å². The minimum atomic E-state index is -1.33. The Hall–Kier alpha value is -2.05. The summed E-state index contributed by atoms with van der Waals surface area (Å²) in [5.74, 6) is -5.74. The number of rotatable bonds is 6. The van der Waals surface area contributed by atoms with E-state index in [1.54, 1.807) is 0 Å². The third-order valence-corrected chi connectivity index (χ3v) is 2.73. The molecule has 110 valence electrons. The minimum Gasteiger partial charge on any atom is -0.368 e. The molecule has 0 unspecified atom stereocenters. The maximum absolute atomic E-state index is 13.4. The van der Waals surface area contributed by atoms with E-state index in [9.17, 15) is 22.8 Å². The molecule has 0 aromatic heterocycles. The van der Waals surface area contributed by atoms with Crippen LogP contribution in [0.4, 0.5) is 13.2 Å². The van der Waals surface area contributed by atoms with Gasteiger partial charge in [-0.15, -0.1) is 0 Å². The highest BCUT2D eigenvalue weighted by molar-refractivity contribution is 5.97. The first-order valence-corrected chi connectivity index (χ1v) is 6.11. The van der Waals surface area contributed by atoms with Gasteiger partial charge in [0.1, 0.15) is 29.1 Å². The molecule has 20 heavy (non-hydrogen) atoms. The summed E-state index contributed by atoms with van der Waals surface area (Å²) < 4.78 is 39.6. The van der Waals surface area contributed by atoms with Gasteiger partial charge in [-0.1, -0.05) is 19.8 Å². The van der Waals surface area contributed by atoms with Crippen molar-refractivity contribution in [1.29, 1.82) is 0 Å². The number of amides is 2. The molecule has 0 fully saturated rings. The molecule has 2 amide bonds. The summed E-state index contributed by atoms with van der Waals surface area (Å²) in [5.41, 5.74) is 4.17. The van der Waals surface area contributed by atoms with Crippen LogP contribution >= 0.6 is 0 Å². The summed E-state index contributed by atoms with van der Waals surface area (Å²) in [5, 5.41) is 2.15. The number of primary amides is 1. The lowest BCUT2D eigenvalue weighted by molar-refractivity contribution is -0.120. The molecule has 1 atom stereocenters. The molecule has 0 aliphatic heterocycles. The quantitative estimate of drug-likeness (QED) is 0.839. The molecule has 0 radical (unpaired) electrons. The number of unbranched alkanes of at least 4 members (excludes halogenated alkanes) is 1. The standard InChI is InChI=1S/C13H15F3N2O2/c1-2-3-4-10(12(17)19)18-13(20)11-8(15)5-7(14)6-9(11)16/h5-6,10H,2-4H2,1H3,(H2,17,19)(H,18,20)/t10-/m1/s1. The van der Waals surface area contributed by atoms with Gasteiger partial charge in [0, 0.05) is 12.1 Å². The smallest absolute Gasteiger partial charge is 0.257 e. The number of nitrogens with one attached hydrogen (secondary N) is 1. The van der Waals surface area contributed by atoms with Gasteiger partial charge in [0.15, 0.2) is 0 Å². The number of carbonyl (C=O) groups excluding carboxylic acids is 2. The van der Waals surface area contributed by atoms with E-state index in [0.29, 0.717) is 18.6 Å². The predicted octanol–water partition coefficient (Wildman–Crippen LogP) is 1.88. The lowest BCUT2D eigenvalue weighted by Crippen LogP contribution is -2.44. The molecule has 7 heteroatoms. The molecule has 3 N–H and O–H groups in total. The molecule has 0 aliphatic rings. The topological polar surface area (TPSA) is 72.2 Å². The van der Waals surface area contributed by atoms with Crippen LogP contribution in [-0.2, 0) is 4.79 Å². The van der Waals surface area contributed by atoms with Gasteiger partial charge in [0.05, 0.1) is 0 Å². The Kier molecular flexibility index (Phi) is 5.54. The maximum atomic E-state index is 13.4. The van der Waals surface area contributed by atoms with Gasteiger partial charge in [-0.25, -0.2) is 13.2 Å². The van der Waals surface area contributed by atoms with Crippen LogP contribution in [0.15, 0.2) is 12.1 Å². The van der Waals surface area contributed by atoms with E-state index in [1.807, 2.05) is 6.92 Å². The van der Waals surface area contributed by atoms with Crippen molar-refractivity contribution < 1.29 is 22.8 Å². The highest BCUT2D eigenvalue weighted by Crippen LogP contribution is 2.15. The Morgan fingerprint density at radius 2 is 1.80 bits per heavy atom. The number of hydrogen-bond donors (Lipinski definition) is 2. The van der Waals surface area contributed by atoms with E-state index in [0.717, 1.165) is 6.42 Å².